The number of anilines is 1. The number of nitrogens with zero attached hydrogens (tertiary/aromatic N) is 2. The number of hydrogen-bond donors (Lipinski definition) is 1. The molecule has 0 radical (unpaired) electrons. The molecule has 4 aromatic rings. The number of carbonyl (C=O) groups is 1. The number of aryl methyl sites for hydroxylation is 1. The lowest BCUT2D eigenvalue weighted by Gasteiger charge is -2.06. The zero-order valence-corrected chi connectivity index (χ0v) is 17.7. The highest BCUT2D eigenvalue weighted by Gasteiger charge is 2.15. The summed E-state index contributed by atoms with van der Waals surface area (Å²) in [5.41, 5.74) is 1.49. The number of hydrogen-bond acceptors (Lipinski definition) is 4. The van der Waals surface area contributed by atoms with Gasteiger partial charge in [0.15, 0.2) is 11.6 Å². The van der Waals surface area contributed by atoms with E-state index in [4.69, 9.17) is 20.8 Å². The Hall–Kier alpha value is -3.65. The Morgan fingerprint density at radius 1 is 1.09 bits per heavy atom. The van der Waals surface area contributed by atoms with Gasteiger partial charge >= 0.3 is 0 Å². The Morgan fingerprint density at radius 3 is 2.59 bits per heavy atom. The molecule has 1 N–H and O–H groups in total. The average molecular weight is 458 g/mol. The first-order chi connectivity index (χ1) is 15.4. The van der Waals surface area contributed by atoms with Gasteiger partial charge in [0.1, 0.15) is 29.8 Å². The minimum absolute atomic E-state index is 0.0884. The van der Waals surface area contributed by atoms with Crippen LogP contribution >= 0.6 is 11.6 Å². The van der Waals surface area contributed by atoms with Crippen LogP contribution in [0.1, 0.15) is 27.6 Å². The van der Waals surface area contributed by atoms with Gasteiger partial charge in [-0.05, 0) is 61.0 Å². The number of ether oxygens (including phenoxy) is 1. The summed E-state index contributed by atoms with van der Waals surface area (Å²) in [6.07, 6.45) is 0. The highest BCUT2D eigenvalue weighted by Crippen LogP contribution is 2.20. The van der Waals surface area contributed by atoms with Gasteiger partial charge in [-0.1, -0.05) is 17.7 Å². The summed E-state index contributed by atoms with van der Waals surface area (Å²) < 4.78 is 38.9. The molecule has 0 bridgehead atoms. The van der Waals surface area contributed by atoms with Crippen molar-refractivity contribution in [3.63, 3.8) is 0 Å². The number of benzene rings is 2. The fourth-order valence-electron chi connectivity index (χ4n) is 2.98. The Bertz CT molecular complexity index is 1250. The fourth-order valence-corrected chi connectivity index (χ4v) is 3.21. The Balaban J connectivity index is 1.38. The van der Waals surface area contributed by atoms with Gasteiger partial charge in [0.2, 0.25) is 0 Å². The van der Waals surface area contributed by atoms with Crippen LogP contribution in [0.25, 0.3) is 0 Å². The van der Waals surface area contributed by atoms with Gasteiger partial charge in [0, 0.05) is 16.8 Å². The second-order valence-electron chi connectivity index (χ2n) is 7.03. The van der Waals surface area contributed by atoms with E-state index in [2.05, 4.69) is 10.4 Å². The summed E-state index contributed by atoms with van der Waals surface area (Å²) in [6, 6.07) is 14.6. The fraction of sp³-hybridized carbons (Fsp3) is 0.130. The normalized spacial score (nSPS) is 10.9. The lowest BCUT2D eigenvalue weighted by molar-refractivity contribution is 0.0992. The molecule has 2 aromatic carbocycles. The third-order valence-electron chi connectivity index (χ3n) is 4.64. The number of amides is 1. The maximum atomic E-state index is 13.2. The summed E-state index contributed by atoms with van der Waals surface area (Å²) in [4.78, 5) is 12.5. The molecule has 164 valence electrons. The van der Waals surface area contributed by atoms with E-state index in [1.54, 1.807) is 22.9 Å². The molecule has 0 aliphatic heterocycles. The minimum Gasteiger partial charge on any atom is -0.486 e. The largest absolute Gasteiger partial charge is 0.486 e. The van der Waals surface area contributed by atoms with Crippen LogP contribution in [-0.2, 0) is 13.2 Å². The molecule has 0 spiro atoms. The van der Waals surface area contributed by atoms with Crippen molar-refractivity contribution in [3.05, 3.63) is 100 Å². The topological polar surface area (TPSA) is 69.3 Å². The Morgan fingerprint density at radius 2 is 1.84 bits per heavy atom. The van der Waals surface area contributed by atoms with E-state index in [1.807, 2.05) is 6.92 Å². The maximum Gasteiger partial charge on any atom is 0.292 e. The van der Waals surface area contributed by atoms with Gasteiger partial charge in [-0.25, -0.2) is 8.78 Å². The van der Waals surface area contributed by atoms with Crippen LogP contribution in [0.4, 0.5) is 14.6 Å². The van der Waals surface area contributed by atoms with Crippen LogP contribution < -0.4 is 10.1 Å². The Labute approximate surface area is 187 Å². The van der Waals surface area contributed by atoms with Gasteiger partial charge in [-0.15, -0.1) is 0 Å². The van der Waals surface area contributed by atoms with E-state index in [-0.39, 0.29) is 18.2 Å². The van der Waals surface area contributed by atoms with E-state index < -0.39 is 11.7 Å². The van der Waals surface area contributed by atoms with Gasteiger partial charge in [0.25, 0.3) is 5.91 Å². The molecule has 0 atom stereocenters. The first-order valence-electron chi connectivity index (χ1n) is 9.64. The molecule has 9 heteroatoms. The van der Waals surface area contributed by atoms with Crippen molar-refractivity contribution in [2.24, 2.45) is 0 Å². The first-order valence-corrected chi connectivity index (χ1v) is 10.0. The average Bonchev–Trinajstić information content (AvgIpc) is 3.36. The third kappa shape index (κ3) is 5.15. The highest BCUT2D eigenvalue weighted by atomic mass is 35.5. The summed E-state index contributed by atoms with van der Waals surface area (Å²) in [7, 11) is 0. The second-order valence-corrected chi connectivity index (χ2v) is 7.43. The first kappa shape index (κ1) is 21.6. The predicted octanol–water partition coefficient (Wildman–Crippen LogP) is 5.60. The van der Waals surface area contributed by atoms with Gasteiger partial charge in [-0.3, -0.25) is 9.48 Å². The van der Waals surface area contributed by atoms with E-state index in [9.17, 15) is 13.6 Å². The quantitative estimate of drug-likeness (QED) is 0.392. The zero-order chi connectivity index (χ0) is 22.7. The summed E-state index contributed by atoms with van der Waals surface area (Å²) >= 11 is 6.09. The van der Waals surface area contributed by atoms with Crippen LogP contribution in [-0.4, -0.2) is 15.7 Å². The molecule has 2 aromatic heterocycles. The van der Waals surface area contributed by atoms with Crippen LogP contribution in [0.2, 0.25) is 5.02 Å². The highest BCUT2D eigenvalue weighted by molar-refractivity contribution is 6.31. The SMILES string of the molecule is Cc1cc(NC(=O)c2ccc(COc3ccc(F)cc3)o2)nn1Cc1ccc(F)cc1Cl. The molecule has 0 unspecified atom stereocenters. The van der Waals surface area contributed by atoms with Gasteiger partial charge < -0.3 is 14.5 Å². The smallest absolute Gasteiger partial charge is 0.292 e. The van der Waals surface area contributed by atoms with Gasteiger partial charge in [-0.2, -0.15) is 5.10 Å². The van der Waals surface area contributed by atoms with Crippen molar-refractivity contribution in [3.8, 4) is 5.75 Å². The van der Waals surface area contributed by atoms with Crippen molar-refractivity contribution < 1.29 is 22.7 Å². The van der Waals surface area contributed by atoms with E-state index in [1.165, 1.54) is 42.5 Å². The van der Waals surface area contributed by atoms with Crippen molar-refractivity contribution in [2.45, 2.75) is 20.1 Å². The summed E-state index contributed by atoms with van der Waals surface area (Å²) in [6.45, 7) is 2.25. The number of rotatable bonds is 7. The molecule has 2 heterocycles. The molecule has 32 heavy (non-hydrogen) atoms. The van der Waals surface area contributed by atoms with Crippen molar-refractivity contribution in [2.75, 3.05) is 5.32 Å². The van der Waals surface area contributed by atoms with E-state index in [0.29, 0.717) is 34.5 Å². The van der Waals surface area contributed by atoms with Crippen LogP contribution in [0.15, 0.2) is 65.1 Å². The third-order valence-corrected chi connectivity index (χ3v) is 4.99. The molecule has 0 saturated carbocycles. The molecule has 0 aliphatic rings. The number of nitrogens with one attached hydrogen (secondary N) is 1. The number of carbonyl (C=O) groups excluding carboxylic acids is 1. The summed E-state index contributed by atoms with van der Waals surface area (Å²) in [5.74, 6) is 0.117. The predicted molar refractivity (Wildman–Crippen MR) is 115 cm³/mol. The summed E-state index contributed by atoms with van der Waals surface area (Å²) in [5, 5.41) is 7.34. The monoisotopic (exact) mass is 457 g/mol. The molecule has 4 rings (SSSR count). The molecular weight excluding hydrogens is 440 g/mol. The second kappa shape index (κ2) is 9.23. The number of halogens is 3. The number of furan rings is 1. The maximum absolute atomic E-state index is 13.2. The van der Waals surface area contributed by atoms with Crippen LogP contribution in [0.3, 0.4) is 0 Å². The van der Waals surface area contributed by atoms with Crippen LogP contribution in [0, 0.1) is 18.6 Å². The number of aromatic nitrogens is 2. The molecule has 0 aliphatic carbocycles. The molecule has 0 fully saturated rings. The zero-order valence-electron chi connectivity index (χ0n) is 16.9. The van der Waals surface area contributed by atoms with Crippen LogP contribution in [0.5, 0.6) is 5.75 Å². The molecule has 6 nitrogen and oxygen atoms in total. The van der Waals surface area contributed by atoms with E-state index >= 15 is 0 Å². The lowest BCUT2D eigenvalue weighted by atomic mass is 10.2. The van der Waals surface area contributed by atoms with E-state index in [0.717, 1.165) is 5.69 Å². The standard InChI is InChI=1S/C23H18ClF2N3O3/c1-14-10-22(28-29(14)12-15-2-3-17(26)11-20(15)24)27-23(30)21-9-8-19(32-21)13-31-18-6-4-16(25)5-7-18/h2-11H,12-13H2,1H3,(H,27,28,30). The lowest BCUT2D eigenvalue weighted by Crippen LogP contribution is -2.12. The minimum atomic E-state index is -0.470. The Kier molecular flexibility index (Phi) is 6.23. The van der Waals surface area contributed by atoms with Gasteiger partial charge in [0.05, 0.1) is 6.54 Å². The van der Waals surface area contributed by atoms with Crippen molar-refractivity contribution >= 4 is 23.3 Å². The van der Waals surface area contributed by atoms with Crippen molar-refractivity contribution in [1.29, 1.82) is 0 Å². The molecule has 0 saturated heterocycles. The molecule has 1 amide bonds. The molecular formula is C23H18ClF2N3O3. The van der Waals surface area contributed by atoms with Crippen molar-refractivity contribution in [1.82, 2.24) is 9.78 Å².